The second kappa shape index (κ2) is 3.94. The van der Waals surface area contributed by atoms with E-state index in [4.69, 9.17) is 5.73 Å². The highest BCUT2D eigenvalue weighted by atomic mass is 16.1. The average molecular weight is 242 g/mol. The fourth-order valence-corrected chi connectivity index (χ4v) is 2.59. The Bertz CT molecular complexity index is 630. The smallest absolute Gasteiger partial charge is 0.250 e. The maximum absolute atomic E-state index is 11.5. The Hall–Kier alpha value is -2.17. The Morgan fingerprint density at radius 3 is 3.00 bits per heavy atom. The van der Waals surface area contributed by atoms with Gasteiger partial charge in [0, 0.05) is 23.1 Å². The van der Waals surface area contributed by atoms with Gasteiger partial charge in [0.1, 0.15) is 6.33 Å². The molecule has 0 saturated heterocycles. The molecular weight excluding hydrogens is 228 g/mol. The largest absolute Gasteiger partial charge is 0.366 e. The number of aromatic amines is 1. The number of hydrogen-bond donors (Lipinski definition) is 2. The van der Waals surface area contributed by atoms with Crippen LogP contribution in [0.25, 0.3) is 11.3 Å². The third-order valence-corrected chi connectivity index (χ3v) is 3.48. The Morgan fingerprint density at radius 1 is 1.39 bits per heavy atom. The maximum atomic E-state index is 11.5. The van der Waals surface area contributed by atoms with Crippen molar-refractivity contribution in [2.45, 2.75) is 26.2 Å². The number of aromatic nitrogens is 3. The molecule has 0 aliphatic heterocycles. The summed E-state index contributed by atoms with van der Waals surface area (Å²) in [7, 11) is 0. The van der Waals surface area contributed by atoms with Crippen LogP contribution in [0.3, 0.4) is 0 Å². The number of nitrogens with one attached hydrogen (secondary N) is 1. The van der Waals surface area contributed by atoms with Crippen LogP contribution in [-0.2, 0) is 12.8 Å². The second-order valence-electron chi connectivity index (χ2n) is 4.56. The molecule has 0 bridgehead atoms. The molecule has 3 rings (SSSR count). The zero-order chi connectivity index (χ0) is 12.7. The van der Waals surface area contributed by atoms with Gasteiger partial charge >= 0.3 is 0 Å². The van der Waals surface area contributed by atoms with Gasteiger partial charge in [0.2, 0.25) is 0 Å². The van der Waals surface area contributed by atoms with Gasteiger partial charge in [0.15, 0.2) is 0 Å². The normalized spacial score (nSPS) is 13.6. The molecule has 5 nitrogen and oxygen atoms in total. The molecule has 0 spiro atoms. The number of hydrogen-bond acceptors (Lipinski definition) is 3. The summed E-state index contributed by atoms with van der Waals surface area (Å²) in [6.07, 6.45) is 6.08. The number of carbonyl (C=O) groups excluding carboxylic acids is 1. The molecule has 0 fully saturated rings. The lowest BCUT2D eigenvalue weighted by Crippen LogP contribution is -2.12. The van der Waals surface area contributed by atoms with Crippen LogP contribution >= 0.6 is 0 Å². The first-order valence-corrected chi connectivity index (χ1v) is 5.99. The van der Waals surface area contributed by atoms with E-state index in [0.29, 0.717) is 5.56 Å². The number of aryl methyl sites for hydroxylation is 2. The van der Waals surface area contributed by atoms with Crippen LogP contribution in [0.5, 0.6) is 0 Å². The Balaban J connectivity index is 2.32. The predicted molar refractivity (Wildman–Crippen MR) is 67.1 cm³/mol. The minimum atomic E-state index is -0.420. The minimum Gasteiger partial charge on any atom is -0.366 e. The second-order valence-corrected chi connectivity index (χ2v) is 4.56. The zero-order valence-corrected chi connectivity index (χ0v) is 10.2. The van der Waals surface area contributed by atoms with Gasteiger partial charge in [0.25, 0.3) is 5.91 Å². The topological polar surface area (TPSA) is 84.7 Å². The first-order chi connectivity index (χ1) is 8.68. The van der Waals surface area contributed by atoms with Crippen LogP contribution < -0.4 is 5.73 Å². The fourth-order valence-electron chi connectivity index (χ4n) is 2.59. The molecule has 2 aromatic heterocycles. The fraction of sp³-hybridized carbons (Fsp3) is 0.308. The van der Waals surface area contributed by atoms with Gasteiger partial charge in [-0.2, -0.15) is 0 Å². The highest BCUT2D eigenvalue weighted by Crippen LogP contribution is 2.33. The number of nitrogens with zero attached hydrogens (tertiary/aromatic N) is 2. The van der Waals surface area contributed by atoms with Crippen LogP contribution in [0.1, 0.15) is 33.7 Å². The van der Waals surface area contributed by atoms with Gasteiger partial charge in [-0.05, 0) is 31.7 Å². The van der Waals surface area contributed by atoms with Gasteiger partial charge in [-0.15, -0.1) is 0 Å². The molecule has 92 valence electrons. The summed E-state index contributed by atoms with van der Waals surface area (Å²) in [5.74, 6) is -0.420. The molecule has 0 saturated carbocycles. The van der Waals surface area contributed by atoms with Gasteiger partial charge in [0.05, 0.1) is 11.3 Å². The number of rotatable bonds is 1. The first-order valence-electron chi connectivity index (χ1n) is 5.99. The third kappa shape index (κ3) is 1.51. The maximum Gasteiger partial charge on any atom is 0.250 e. The summed E-state index contributed by atoms with van der Waals surface area (Å²) < 4.78 is 0. The molecular formula is C13H14N4O. The van der Waals surface area contributed by atoms with Gasteiger partial charge in [-0.1, -0.05) is 0 Å². The van der Waals surface area contributed by atoms with E-state index in [1.807, 2.05) is 6.92 Å². The van der Waals surface area contributed by atoms with Crippen molar-refractivity contribution in [3.8, 4) is 11.3 Å². The molecule has 2 aromatic rings. The van der Waals surface area contributed by atoms with Crippen molar-refractivity contribution in [1.29, 1.82) is 0 Å². The summed E-state index contributed by atoms with van der Waals surface area (Å²) in [5, 5.41) is 0. The van der Waals surface area contributed by atoms with Crippen molar-refractivity contribution in [3.63, 3.8) is 0 Å². The lowest BCUT2D eigenvalue weighted by molar-refractivity contribution is 0.100. The van der Waals surface area contributed by atoms with Crippen molar-refractivity contribution in [2.24, 2.45) is 5.73 Å². The van der Waals surface area contributed by atoms with Gasteiger partial charge < -0.3 is 10.7 Å². The number of nitrogens with two attached hydrogens (primary N) is 1. The molecule has 5 heteroatoms. The standard InChI is InChI=1S/C13H14N4O/c1-7-8-3-2-4-10-11(12(8)17-6-16-7)9(5-15-10)13(14)18/h5-6,15H,2-4H2,1H3,(H2,14,18). The first kappa shape index (κ1) is 11.0. The summed E-state index contributed by atoms with van der Waals surface area (Å²) in [4.78, 5) is 23.2. The molecule has 0 radical (unpaired) electrons. The van der Waals surface area contributed by atoms with Crippen LogP contribution in [0, 0.1) is 6.92 Å². The number of carbonyl (C=O) groups is 1. The molecule has 18 heavy (non-hydrogen) atoms. The van der Waals surface area contributed by atoms with Crippen molar-refractivity contribution in [3.05, 3.63) is 35.0 Å². The molecule has 0 atom stereocenters. The van der Waals surface area contributed by atoms with E-state index in [0.717, 1.165) is 47.5 Å². The molecule has 0 unspecified atom stereocenters. The molecule has 0 aromatic carbocycles. The molecule has 3 N–H and O–H groups in total. The highest BCUT2D eigenvalue weighted by molar-refractivity contribution is 6.00. The summed E-state index contributed by atoms with van der Waals surface area (Å²) in [6.45, 7) is 1.97. The Kier molecular flexibility index (Phi) is 2.40. The lowest BCUT2D eigenvalue weighted by Gasteiger charge is -2.08. The summed E-state index contributed by atoms with van der Waals surface area (Å²) >= 11 is 0. The SMILES string of the molecule is Cc1ncnc2c1CCCc1[nH]cc(C(N)=O)c1-2. The van der Waals surface area contributed by atoms with E-state index < -0.39 is 5.91 Å². The highest BCUT2D eigenvalue weighted by Gasteiger charge is 2.23. The van der Waals surface area contributed by atoms with Crippen LogP contribution in [0.4, 0.5) is 0 Å². The van der Waals surface area contributed by atoms with E-state index in [9.17, 15) is 4.79 Å². The van der Waals surface area contributed by atoms with E-state index in [2.05, 4.69) is 15.0 Å². The van der Waals surface area contributed by atoms with Crippen molar-refractivity contribution >= 4 is 5.91 Å². The van der Waals surface area contributed by atoms with E-state index >= 15 is 0 Å². The number of fused-ring (bicyclic) bond motifs is 3. The summed E-state index contributed by atoms with van der Waals surface area (Å²) in [5.41, 5.74) is 10.8. The van der Waals surface area contributed by atoms with Gasteiger partial charge in [-0.25, -0.2) is 9.97 Å². The summed E-state index contributed by atoms with van der Waals surface area (Å²) in [6, 6.07) is 0. The van der Waals surface area contributed by atoms with Crippen LogP contribution in [0.2, 0.25) is 0 Å². The number of amides is 1. The van der Waals surface area contributed by atoms with E-state index in [-0.39, 0.29) is 0 Å². The molecule has 1 amide bonds. The molecule has 1 aliphatic carbocycles. The molecule has 1 aliphatic rings. The van der Waals surface area contributed by atoms with Crippen LogP contribution in [0.15, 0.2) is 12.5 Å². The third-order valence-electron chi connectivity index (χ3n) is 3.48. The Morgan fingerprint density at radius 2 is 2.22 bits per heavy atom. The van der Waals surface area contributed by atoms with Gasteiger partial charge in [-0.3, -0.25) is 4.79 Å². The van der Waals surface area contributed by atoms with E-state index in [1.165, 1.54) is 0 Å². The van der Waals surface area contributed by atoms with E-state index in [1.54, 1.807) is 12.5 Å². The quantitative estimate of drug-likeness (QED) is 0.792. The van der Waals surface area contributed by atoms with Crippen molar-refractivity contribution in [2.75, 3.05) is 0 Å². The number of H-pyrrole nitrogens is 1. The predicted octanol–water partition coefficient (Wildman–Crippen LogP) is 1.37. The monoisotopic (exact) mass is 242 g/mol. The minimum absolute atomic E-state index is 0.420. The molecule has 2 heterocycles. The average Bonchev–Trinajstić information content (AvgIpc) is 2.67. The zero-order valence-electron chi connectivity index (χ0n) is 10.2. The Labute approximate surface area is 104 Å². The number of primary amides is 1. The van der Waals surface area contributed by atoms with Crippen molar-refractivity contribution < 1.29 is 4.79 Å². The van der Waals surface area contributed by atoms with Crippen LogP contribution in [-0.4, -0.2) is 20.9 Å². The van der Waals surface area contributed by atoms with Crippen molar-refractivity contribution in [1.82, 2.24) is 15.0 Å². The lowest BCUT2D eigenvalue weighted by atomic mass is 10.0.